The van der Waals surface area contributed by atoms with E-state index in [-0.39, 0.29) is 11.5 Å². The number of hydrogen-bond donors (Lipinski definition) is 5. The molecular formula is C34H38N2O11. The third-order valence-electron chi connectivity index (χ3n) is 8.41. The normalized spacial score (nSPS) is 17.3. The van der Waals surface area contributed by atoms with E-state index in [4.69, 9.17) is 14.2 Å². The summed E-state index contributed by atoms with van der Waals surface area (Å²) >= 11 is 0. The van der Waals surface area contributed by atoms with Crippen LogP contribution >= 0.6 is 0 Å². The van der Waals surface area contributed by atoms with Crippen LogP contribution < -0.4 is 19.5 Å². The first-order chi connectivity index (χ1) is 22.4. The van der Waals surface area contributed by atoms with Crippen molar-refractivity contribution in [2.24, 2.45) is 0 Å². The summed E-state index contributed by atoms with van der Waals surface area (Å²) in [6, 6.07) is 16.4. The molecule has 0 spiro atoms. The Bertz CT molecular complexity index is 1520. The van der Waals surface area contributed by atoms with E-state index in [1.165, 1.54) is 49.6 Å². The number of Topliss-reactive ketones (excluding diaryl/α,β-unsaturated/α-hetero) is 2. The predicted molar refractivity (Wildman–Crippen MR) is 168 cm³/mol. The van der Waals surface area contributed by atoms with Crippen molar-refractivity contribution in [1.29, 1.82) is 0 Å². The van der Waals surface area contributed by atoms with Crippen LogP contribution in [0.4, 0.5) is 0 Å². The smallest absolute Gasteiger partial charge is 0.348 e. The zero-order valence-electron chi connectivity index (χ0n) is 26.3. The Morgan fingerprint density at radius 3 is 1.68 bits per heavy atom. The fourth-order valence-corrected chi connectivity index (χ4v) is 5.46. The highest BCUT2D eigenvalue weighted by molar-refractivity contribution is 6.28. The second-order valence-corrected chi connectivity index (χ2v) is 11.1. The number of carbonyl (C=O) groups excluding carboxylic acids is 2. The number of carbonyl (C=O) groups is 4. The van der Waals surface area contributed by atoms with Crippen LogP contribution in [0.25, 0.3) is 0 Å². The van der Waals surface area contributed by atoms with Crippen LogP contribution in [0.15, 0.2) is 66.7 Å². The fraction of sp³-hybridized carbons (Fsp3) is 0.353. The van der Waals surface area contributed by atoms with E-state index in [9.17, 15) is 39.6 Å². The van der Waals surface area contributed by atoms with Gasteiger partial charge in [0.05, 0.1) is 20.8 Å². The largest absolute Gasteiger partial charge is 0.497 e. The van der Waals surface area contributed by atoms with Crippen molar-refractivity contribution in [1.82, 2.24) is 10.2 Å². The second-order valence-electron chi connectivity index (χ2n) is 11.1. The zero-order valence-corrected chi connectivity index (χ0v) is 26.3. The van der Waals surface area contributed by atoms with E-state index in [0.717, 1.165) is 69.2 Å². The van der Waals surface area contributed by atoms with Crippen molar-refractivity contribution in [2.45, 2.75) is 30.6 Å². The third kappa shape index (κ3) is 6.98. The summed E-state index contributed by atoms with van der Waals surface area (Å²) in [6.45, 7) is 7.62. The SMILES string of the molecule is COc1ccc(C(=O)C(O)(C(=O)O)C(O)(C(=O)O)C(=O)c2ccc(OC)cc2)cc1.C[C@@H](c1ccc2c(c1)OCC2)N1CCNCC1. The molecule has 0 amide bonds. The summed E-state index contributed by atoms with van der Waals surface area (Å²) in [5.41, 5.74) is -6.27. The van der Waals surface area contributed by atoms with Crippen molar-refractivity contribution < 1.29 is 53.8 Å². The van der Waals surface area contributed by atoms with E-state index in [1.54, 1.807) is 0 Å². The average molecular weight is 651 g/mol. The minimum atomic E-state index is -4.04. The van der Waals surface area contributed by atoms with Crippen LogP contribution in [-0.4, -0.2) is 107 Å². The van der Waals surface area contributed by atoms with Gasteiger partial charge in [0.25, 0.3) is 11.2 Å². The van der Waals surface area contributed by atoms with E-state index >= 15 is 0 Å². The molecule has 250 valence electrons. The highest BCUT2D eigenvalue weighted by atomic mass is 16.5. The molecule has 0 saturated carbocycles. The molecule has 3 atom stereocenters. The van der Waals surface area contributed by atoms with Crippen molar-refractivity contribution in [3.05, 3.63) is 89.0 Å². The van der Waals surface area contributed by atoms with E-state index in [2.05, 4.69) is 35.3 Å². The van der Waals surface area contributed by atoms with Crippen molar-refractivity contribution in [3.63, 3.8) is 0 Å². The van der Waals surface area contributed by atoms with Crippen LogP contribution in [0.1, 0.15) is 44.8 Å². The second kappa shape index (κ2) is 14.7. The highest BCUT2D eigenvalue weighted by Gasteiger charge is 2.69. The third-order valence-corrected chi connectivity index (χ3v) is 8.41. The number of methoxy groups -OCH3 is 2. The molecule has 3 aromatic carbocycles. The van der Waals surface area contributed by atoms with Gasteiger partial charge >= 0.3 is 11.9 Å². The first-order valence-electron chi connectivity index (χ1n) is 14.9. The van der Waals surface area contributed by atoms with Gasteiger partial charge < -0.3 is 40.0 Å². The Morgan fingerprint density at radius 1 is 0.787 bits per heavy atom. The molecule has 0 bridgehead atoms. The van der Waals surface area contributed by atoms with Gasteiger partial charge in [-0.3, -0.25) is 14.5 Å². The minimum Gasteiger partial charge on any atom is -0.497 e. The molecule has 0 aromatic heterocycles. The maximum absolute atomic E-state index is 12.8. The molecule has 3 aromatic rings. The number of piperazine rings is 1. The van der Waals surface area contributed by atoms with Crippen LogP contribution in [0.3, 0.4) is 0 Å². The number of benzene rings is 3. The van der Waals surface area contributed by atoms with Gasteiger partial charge in [0, 0.05) is 49.8 Å². The molecule has 5 rings (SSSR count). The molecule has 5 N–H and O–H groups in total. The maximum Gasteiger partial charge on any atom is 0.348 e. The highest BCUT2D eigenvalue weighted by Crippen LogP contribution is 2.33. The summed E-state index contributed by atoms with van der Waals surface area (Å²) in [5.74, 6) is -6.58. The number of ketones is 2. The monoisotopic (exact) mass is 650 g/mol. The molecular weight excluding hydrogens is 612 g/mol. The first kappa shape index (κ1) is 35.0. The summed E-state index contributed by atoms with van der Waals surface area (Å²) in [7, 11) is 2.67. The molecule has 0 aliphatic carbocycles. The first-order valence-corrected chi connectivity index (χ1v) is 14.9. The average Bonchev–Trinajstić information content (AvgIpc) is 3.58. The van der Waals surface area contributed by atoms with Gasteiger partial charge in [-0.1, -0.05) is 12.1 Å². The molecule has 0 radical (unpaired) electrons. The Balaban J connectivity index is 0.000000246. The zero-order chi connectivity index (χ0) is 34.4. The molecule has 2 aliphatic rings. The van der Waals surface area contributed by atoms with E-state index in [0.29, 0.717) is 6.04 Å². The number of nitrogens with zero attached hydrogens (tertiary/aromatic N) is 1. The fourth-order valence-electron chi connectivity index (χ4n) is 5.46. The standard InChI is InChI=1S/C20H18O10.C14H20N2O/c1-29-13-7-3-11(4-8-13)15(21)19(27,17(23)24)20(28,18(25)26)16(22)12-5-9-14(30-2)10-6-12;1-11(16-7-5-15-6-8-16)13-3-2-12-4-9-17-14(12)10-13/h3-10,27-28H,1-2H3,(H,23,24)(H,25,26);2-3,10-11,15H,4-9H2,1H3/t;11-/m.0/s1. The molecule has 13 heteroatoms. The van der Waals surface area contributed by atoms with Gasteiger partial charge in [-0.15, -0.1) is 0 Å². The van der Waals surface area contributed by atoms with E-state index < -0.39 is 45.8 Å². The number of carboxylic acid groups (broad SMARTS) is 2. The Kier molecular flexibility index (Phi) is 11.0. The van der Waals surface area contributed by atoms with Crippen LogP contribution in [0.5, 0.6) is 17.2 Å². The van der Waals surface area contributed by atoms with Crippen molar-refractivity contribution in [3.8, 4) is 17.2 Å². The molecule has 13 nitrogen and oxygen atoms in total. The molecule has 1 saturated heterocycles. The number of hydrogen-bond acceptors (Lipinski definition) is 11. The maximum atomic E-state index is 12.8. The lowest BCUT2D eigenvalue weighted by Crippen LogP contribution is -2.71. The lowest BCUT2D eigenvalue weighted by atomic mass is 9.73. The number of fused-ring (bicyclic) bond motifs is 1. The van der Waals surface area contributed by atoms with Gasteiger partial charge in [-0.25, -0.2) is 9.59 Å². The summed E-state index contributed by atoms with van der Waals surface area (Å²) in [5, 5.41) is 43.9. The van der Waals surface area contributed by atoms with Crippen molar-refractivity contribution in [2.75, 3.05) is 47.0 Å². The minimum absolute atomic E-state index is 0.285. The number of carboxylic acids is 2. The lowest BCUT2D eigenvalue weighted by molar-refractivity contribution is -0.187. The van der Waals surface area contributed by atoms with Crippen molar-refractivity contribution >= 4 is 23.5 Å². The number of aliphatic carboxylic acids is 2. The Labute approximate surface area is 271 Å². The number of ether oxygens (including phenoxy) is 3. The van der Waals surface area contributed by atoms with E-state index in [1.807, 2.05) is 0 Å². The van der Waals surface area contributed by atoms with Gasteiger partial charge in [0.2, 0.25) is 11.6 Å². The van der Waals surface area contributed by atoms with Crippen LogP contribution in [-0.2, 0) is 16.0 Å². The lowest BCUT2D eigenvalue weighted by Gasteiger charge is -2.34. The molecule has 2 unspecified atom stereocenters. The van der Waals surface area contributed by atoms with Gasteiger partial charge in [-0.2, -0.15) is 0 Å². The van der Waals surface area contributed by atoms with Gasteiger partial charge in [0.15, 0.2) is 0 Å². The Morgan fingerprint density at radius 2 is 1.26 bits per heavy atom. The molecule has 1 fully saturated rings. The quantitative estimate of drug-likeness (QED) is 0.150. The summed E-state index contributed by atoms with van der Waals surface area (Å²) in [4.78, 5) is 51.9. The summed E-state index contributed by atoms with van der Waals surface area (Å²) < 4.78 is 15.5. The van der Waals surface area contributed by atoms with Crippen LogP contribution in [0, 0.1) is 0 Å². The molecule has 2 heterocycles. The Hall–Kier alpha value is -4.82. The molecule has 2 aliphatic heterocycles. The predicted octanol–water partition coefficient (Wildman–Crippen LogP) is 1.99. The summed E-state index contributed by atoms with van der Waals surface area (Å²) in [6.07, 6.45) is 1.07. The topological polar surface area (TPSA) is 192 Å². The van der Waals surface area contributed by atoms with Crippen LogP contribution in [0.2, 0.25) is 0 Å². The molecule has 47 heavy (non-hydrogen) atoms. The number of aliphatic hydroxyl groups is 2. The number of rotatable bonds is 11. The van der Waals surface area contributed by atoms with Gasteiger partial charge in [-0.05, 0) is 72.6 Å². The number of nitrogens with one attached hydrogen (secondary N) is 1. The van der Waals surface area contributed by atoms with Gasteiger partial charge in [0.1, 0.15) is 17.2 Å².